The summed E-state index contributed by atoms with van der Waals surface area (Å²) in [6, 6.07) is 67.6. The van der Waals surface area contributed by atoms with Crippen LogP contribution in [0.4, 0.5) is 17.1 Å². The molecule has 9 aromatic rings. The van der Waals surface area contributed by atoms with Crippen molar-refractivity contribution < 1.29 is 4.42 Å². The van der Waals surface area contributed by atoms with E-state index in [1.54, 1.807) is 0 Å². The van der Waals surface area contributed by atoms with Gasteiger partial charge in [-0.15, -0.1) is 0 Å². The van der Waals surface area contributed by atoms with Gasteiger partial charge in [-0.05, 0) is 87.0 Å². The second-order valence-electron chi connectivity index (χ2n) is 14.5. The highest BCUT2D eigenvalue weighted by atomic mass is 16.3. The minimum atomic E-state index is -0.155. The van der Waals surface area contributed by atoms with Gasteiger partial charge in [0.2, 0.25) is 0 Å². The SMILES string of the molecule is CC1(C)c2ccccc2-c2c1cc(-c1ccc(N(c3ccc(-c4ccccc4)cc3)c3ccccc3-c3ccccc3)cc1)c1c2oc2ccccc21. The van der Waals surface area contributed by atoms with Gasteiger partial charge in [-0.3, -0.25) is 0 Å². The molecular formula is C51H37NO. The minimum absolute atomic E-state index is 0.155. The van der Waals surface area contributed by atoms with Crippen molar-refractivity contribution in [3.05, 3.63) is 199 Å². The van der Waals surface area contributed by atoms with Gasteiger partial charge in [-0.25, -0.2) is 0 Å². The normalized spacial score (nSPS) is 12.9. The molecule has 0 N–H and O–H groups in total. The molecule has 0 aliphatic heterocycles. The third-order valence-corrected chi connectivity index (χ3v) is 11.1. The Bertz CT molecular complexity index is 2780. The number of hydrogen-bond acceptors (Lipinski definition) is 2. The quantitative estimate of drug-likeness (QED) is 0.174. The zero-order valence-electron chi connectivity index (χ0n) is 29.8. The molecule has 1 heterocycles. The summed E-state index contributed by atoms with van der Waals surface area (Å²) in [6.45, 7) is 4.67. The van der Waals surface area contributed by atoms with Gasteiger partial charge >= 0.3 is 0 Å². The molecule has 0 bridgehead atoms. The van der Waals surface area contributed by atoms with Crippen molar-refractivity contribution >= 4 is 39.0 Å². The van der Waals surface area contributed by atoms with Crippen LogP contribution in [0.5, 0.6) is 0 Å². The molecule has 0 atom stereocenters. The van der Waals surface area contributed by atoms with Crippen LogP contribution in [0.1, 0.15) is 25.0 Å². The van der Waals surface area contributed by atoms with Crippen LogP contribution in [0.25, 0.3) is 66.4 Å². The first-order chi connectivity index (χ1) is 26.1. The van der Waals surface area contributed by atoms with Crippen LogP contribution in [0.2, 0.25) is 0 Å². The molecule has 0 radical (unpaired) electrons. The molecule has 1 aliphatic rings. The van der Waals surface area contributed by atoms with E-state index in [1.165, 1.54) is 55.5 Å². The fourth-order valence-corrected chi connectivity index (χ4v) is 8.46. The first-order valence-corrected chi connectivity index (χ1v) is 18.4. The fourth-order valence-electron chi connectivity index (χ4n) is 8.46. The molecule has 0 saturated carbocycles. The number of nitrogens with zero attached hydrogens (tertiary/aromatic N) is 1. The molecule has 1 aliphatic carbocycles. The van der Waals surface area contributed by atoms with Crippen molar-refractivity contribution in [1.29, 1.82) is 0 Å². The smallest absolute Gasteiger partial charge is 0.144 e. The Morgan fingerprint density at radius 1 is 0.434 bits per heavy atom. The Morgan fingerprint density at radius 2 is 0.962 bits per heavy atom. The number of anilines is 3. The maximum Gasteiger partial charge on any atom is 0.144 e. The summed E-state index contributed by atoms with van der Waals surface area (Å²) in [6.07, 6.45) is 0. The van der Waals surface area contributed by atoms with E-state index in [2.05, 4.69) is 207 Å². The highest BCUT2D eigenvalue weighted by Crippen LogP contribution is 2.55. The Balaban J connectivity index is 1.15. The topological polar surface area (TPSA) is 16.4 Å². The maximum atomic E-state index is 6.77. The Hall–Kier alpha value is -6.64. The van der Waals surface area contributed by atoms with E-state index in [1.807, 2.05) is 0 Å². The Labute approximate surface area is 310 Å². The molecule has 1 aromatic heterocycles. The summed E-state index contributed by atoms with van der Waals surface area (Å²) in [5.41, 5.74) is 17.3. The maximum absolute atomic E-state index is 6.77. The van der Waals surface area contributed by atoms with Crippen LogP contribution in [0.15, 0.2) is 192 Å². The summed E-state index contributed by atoms with van der Waals surface area (Å²) in [7, 11) is 0. The number of furan rings is 1. The highest BCUT2D eigenvalue weighted by Gasteiger charge is 2.38. The van der Waals surface area contributed by atoms with E-state index in [4.69, 9.17) is 4.42 Å². The lowest BCUT2D eigenvalue weighted by molar-refractivity contribution is 0.653. The second kappa shape index (κ2) is 12.3. The largest absolute Gasteiger partial charge is 0.455 e. The van der Waals surface area contributed by atoms with Crippen molar-refractivity contribution in [3.63, 3.8) is 0 Å². The molecular weight excluding hydrogens is 643 g/mol. The molecule has 10 rings (SSSR count). The van der Waals surface area contributed by atoms with Crippen LogP contribution in [0.3, 0.4) is 0 Å². The standard InChI is InChI=1S/C51H37NO/c1-51(2)44-22-12-9-20-41(44)49-45(51)33-43(48-42-21-11-14-24-47(42)53-50(48)49)37-27-31-39(32-28-37)52(38-29-25-35(26-30-38)34-15-5-3-6-16-34)46-23-13-10-19-40(46)36-17-7-4-8-18-36/h3-33H,1-2H3. The lowest BCUT2D eigenvalue weighted by Crippen LogP contribution is -2.15. The summed E-state index contributed by atoms with van der Waals surface area (Å²) < 4.78 is 6.77. The van der Waals surface area contributed by atoms with E-state index in [-0.39, 0.29) is 5.41 Å². The number of fused-ring (bicyclic) bond motifs is 7. The zero-order valence-corrected chi connectivity index (χ0v) is 29.8. The molecule has 0 saturated heterocycles. The van der Waals surface area contributed by atoms with Crippen LogP contribution < -0.4 is 4.90 Å². The van der Waals surface area contributed by atoms with Gasteiger partial charge in [0.15, 0.2) is 0 Å². The summed E-state index contributed by atoms with van der Waals surface area (Å²) in [5, 5.41) is 2.31. The highest BCUT2D eigenvalue weighted by molar-refractivity contribution is 6.18. The van der Waals surface area contributed by atoms with Gasteiger partial charge in [0.05, 0.1) is 5.69 Å². The van der Waals surface area contributed by atoms with Crippen molar-refractivity contribution in [1.82, 2.24) is 0 Å². The Kier molecular flexibility index (Phi) is 7.19. The summed E-state index contributed by atoms with van der Waals surface area (Å²) in [4.78, 5) is 2.38. The third-order valence-electron chi connectivity index (χ3n) is 11.1. The molecule has 252 valence electrons. The van der Waals surface area contributed by atoms with Crippen molar-refractivity contribution in [2.24, 2.45) is 0 Å². The van der Waals surface area contributed by atoms with Gasteiger partial charge in [-0.1, -0.05) is 159 Å². The Morgan fingerprint density at radius 3 is 1.68 bits per heavy atom. The van der Waals surface area contributed by atoms with Gasteiger partial charge in [0.25, 0.3) is 0 Å². The van der Waals surface area contributed by atoms with E-state index >= 15 is 0 Å². The average molecular weight is 680 g/mol. The van der Waals surface area contributed by atoms with Crippen molar-refractivity contribution in [2.45, 2.75) is 19.3 Å². The molecule has 2 heteroatoms. The van der Waals surface area contributed by atoms with Crippen LogP contribution in [-0.2, 0) is 5.41 Å². The van der Waals surface area contributed by atoms with Crippen molar-refractivity contribution in [3.8, 4) is 44.5 Å². The van der Waals surface area contributed by atoms with Crippen LogP contribution >= 0.6 is 0 Å². The molecule has 2 nitrogen and oxygen atoms in total. The van der Waals surface area contributed by atoms with E-state index in [0.717, 1.165) is 39.2 Å². The van der Waals surface area contributed by atoms with Gasteiger partial charge in [-0.2, -0.15) is 0 Å². The monoisotopic (exact) mass is 679 g/mol. The molecule has 0 amide bonds. The molecule has 0 spiro atoms. The lowest BCUT2D eigenvalue weighted by atomic mass is 9.81. The zero-order chi connectivity index (χ0) is 35.5. The molecule has 53 heavy (non-hydrogen) atoms. The second-order valence-corrected chi connectivity index (χ2v) is 14.5. The van der Waals surface area contributed by atoms with Crippen molar-refractivity contribution in [2.75, 3.05) is 4.90 Å². The molecule has 8 aromatic carbocycles. The number of rotatable bonds is 6. The van der Waals surface area contributed by atoms with Gasteiger partial charge in [0, 0.05) is 38.7 Å². The number of para-hydroxylation sites is 2. The summed E-state index contributed by atoms with van der Waals surface area (Å²) in [5.74, 6) is 0. The number of hydrogen-bond donors (Lipinski definition) is 0. The third kappa shape index (κ3) is 5.02. The van der Waals surface area contributed by atoms with E-state index < -0.39 is 0 Å². The summed E-state index contributed by atoms with van der Waals surface area (Å²) >= 11 is 0. The first-order valence-electron chi connectivity index (χ1n) is 18.4. The minimum Gasteiger partial charge on any atom is -0.455 e. The predicted molar refractivity (Wildman–Crippen MR) is 222 cm³/mol. The number of benzene rings is 8. The van der Waals surface area contributed by atoms with E-state index in [9.17, 15) is 0 Å². The van der Waals surface area contributed by atoms with Crippen LogP contribution in [0, 0.1) is 0 Å². The molecule has 0 unspecified atom stereocenters. The van der Waals surface area contributed by atoms with Gasteiger partial charge < -0.3 is 9.32 Å². The molecule has 0 fully saturated rings. The van der Waals surface area contributed by atoms with E-state index in [0.29, 0.717) is 0 Å². The lowest BCUT2D eigenvalue weighted by Gasteiger charge is -2.28. The predicted octanol–water partition coefficient (Wildman–Crippen LogP) is 14.4. The van der Waals surface area contributed by atoms with Crippen LogP contribution in [-0.4, -0.2) is 0 Å². The van der Waals surface area contributed by atoms with Gasteiger partial charge in [0.1, 0.15) is 11.2 Å². The fraction of sp³-hybridized carbons (Fsp3) is 0.0588. The average Bonchev–Trinajstić information content (AvgIpc) is 3.72. The first kappa shape index (κ1) is 31.1.